The van der Waals surface area contributed by atoms with Crippen LogP contribution in [-0.4, -0.2) is 18.3 Å². The number of hydrogen-bond acceptors (Lipinski definition) is 3. The zero-order chi connectivity index (χ0) is 15.1. The Morgan fingerprint density at radius 1 is 1.24 bits per heavy atom. The van der Waals surface area contributed by atoms with Crippen LogP contribution in [0.2, 0.25) is 0 Å². The van der Waals surface area contributed by atoms with Gasteiger partial charge in [-0.3, -0.25) is 0 Å². The number of nitrogens with two attached hydrogens (primary N) is 1. The average molecular weight is 291 g/mol. The zero-order valence-electron chi connectivity index (χ0n) is 13.2. The number of benzene rings is 1. The van der Waals surface area contributed by atoms with Gasteiger partial charge in [0.05, 0.1) is 12.7 Å². The van der Waals surface area contributed by atoms with Crippen molar-refractivity contribution in [3.8, 4) is 5.75 Å². The van der Waals surface area contributed by atoms with Crippen molar-refractivity contribution in [2.24, 2.45) is 11.1 Å². The van der Waals surface area contributed by atoms with E-state index in [0.29, 0.717) is 13.2 Å². The molecule has 0 heterocycles. The van der Waals surface area contributed by atoms with Crippen LogP contribution in [-0.2, 0) is 0 Å². The Kier molecular flexibility index (Phi) is 6.07. The highest BCUT2D eigenvalue weighted by Crippen LogP contribution is 2.44. The lowest BCUT2D eigenvalue weighted by atomic mass is 9.73. The molecule has 0 bridgehead atoms. The van der Waals surface area contributed by atoms with E-state index in [9.17, 15) is 5.11 Å². The third kappa shape index (κ3) is 3.98. The third-order valence-electron chi connectivity index (χ3n) is 4.73. The van der Waals surface area contributed by atoms with E-state index in [0.717, 1.165) is 30.6 Å². The summed E-state index contributed by atoms with van der Waals surface area (Å²) in [6, 6.07) is 7.88. The molecule has 3 nitrogen and oxygen atoms in total. The minimum Gasteiger partial charge on any atom is -0.494 e. The maximum Gasteiger partial charge on any atom is 0.119 e. The van der Waals surface area contributed by atoms with E-state index in [2.05, 4.69) is 6.92 Å². The first kappa shape index (κ1) is 16.3. The smallest absolute Gasteiger partial charge is 0.119 e. The van der Waals surface area contributed by atoms with Gasteiger partial charge in [-0.2, -0.15) is 0 Å². The van der Waals surface area contributed by atoms with Gasteiger partial charge < -0.3 is 15.6 Å². The van der Waals surface area contributed by atoms with Crippen molar-refractivity contribution in [3.05, 3.63) is 29.8 Å². The Morgan fingerprint density at radius 2 is 1.95 bits per heavy atom. The molecule has 0 saturated heterocycles. The molecule has 1 atom stereocenters. The third-order valence-corrected chi connectivity index (χ3v) is 4.73. The maximum absolute atomic E-state index is 10.9. The first-order valence-corrected chi connectivity index (χ1v) is 8.33. The van der Waals surface area contributed by atoms with Gasteiger partial charge in [-0.25, -0.2) is 0 Å². The highest BCUT2D eigenvalue weighted by molar-refractivity contribution is 5.31. The molecule has 1 aliphatic carbocycles. The molecule has 0 aromatic heterocycles. The molecule has 0 aliphatic heterocycles. The highest BCUT2D eigenvalue weighted by atomic mass is 16.5. The summed E-state index contributed by atoms with van der Waals surface area (Å²) in [7, 11) is 0. The lowest BCUT2D eigenvalue weighted by molar-refractivity contribution is 0.0165. The number of ether oxygens (including phenoxy) is 1. The summed E-state index contributed by atoms with van der Waals surface area (Å²) in [5.41, 5.74) is 6.85. The predicted octanol–water partition coefficient (Wildman–Crippen LogP) is 3.81. The fraction of sp³-hybridized carbons (Fsp3) is 0.667. The second-order valence-electron chi connectivity index (χ2n) is 6.30. The zero-order valence-corrected chi connectivity index (χ0v) is 13.2. The Balaban J connectivity index is 2.18. The minimum absolute atomic E-state index is 0.167. The molecule has 1 aromatic carbocycles. The molecular formula is C18H29NO2. The van der Waals surface area contributed by atoms with Crippen molar-refractivity contribution in [1.82, 2.24) is 0 Å². The molecule has 0 spiro atoms. The summed E-state index contributed by atoms with van der Waals surface area (Å²) < 4.78 is 5.68. The van der Waals surface area contributed by atoms with E-state index in [1.54, 1.807) is 0 Å². The van der Waals surface area contributed by atoms with Crippen molar-refractivity contribution in [2.75, 3.05) is 13.2 Å². The van der Waals surface area contributed by atoms with Gasteiger partial charge in [-0.05, 0) is 37.0 Å². The molecule has 0 radical (unpaired) electrons. The number of aliphatic hydroxyl groups is 1. The summed E-state index contributed by atoms with van der Waals surface area (Å²) in [6.45, 7) is 3.35. The maximum atomic E-state index is 10.9. The van der Waals surface area contributed by atoms with Gasteiger partial charge in [-0.15, -0.1) is 0 Å². The van der Waals surface area contributed by atoms with Gasteiger partial charge in [0.1, 0.15) is 5.75 Å². The fourth-order valence-corrected chi connectivity index (χ4v) is 3.37. The van der Waals surface area contributed by atoms with Crippen LogP contribution >= 0.6 is 0 Å². The second kappa shape index (κ2) is 7.81. The van der Waals surface area contributed by atoms with Gasteiger partial charge in [0.25, 0.3) is 0 Å². The Hall–Kier alpha value is -1.06. The Labute approximate surface area is 128 Å². The van der Waals surface area contributed by atoms with Crippen molar-refractivity contribution in [3.63, 3.8) is 0 Å². The number of rotatable bonds is 6. The van der Waals surface area contributed by atoms with Crippen molar-refractivity contribution >= 4 is 0 Å². The molecule has 1 unspecified atom stereocenters. The molecular weight excluding hydrogens is 262 g/mol. The molecule has 2 rings (SSSR count). The molecule has 1 saturated carbocycles. The van der Waals surface area contributed by atoms with E-state index in [4.69, 9.17) is 10.5 Å². The molecule has 3 N–H and O–H groups in total. The molecule has 1 fully saturated rings. The van der Waals surface area contributed by atoms with Crippen LogP contribution in [0.5, 0.6) is 5.75 Å². The number of hydrogen-bond donors (Lipinski definition) is 2. The monoisotopic (exact) mass is 291 g/mol. The Morgan fingerprint density at radius 3 is 2.57 bits per heavy atom. The van der Waals surface area contributed by atoms with Crippen LogP contribution in [0.15, 0.2) is 24.3 Å². The fourth-order valence-electron chi connectivity index (χ4n) is 3.37. The first-order chi connectivity index (χ1) is 10.2. The molecule has 1 aromatic rings. The van der Waals surface area contributed by atoms with Crippen molar-refractivity contribution in [2.45, 2.75) is 58.0 Å². The topological polar surface area (TPSA) is 55.5 Å². The summed E-state index contributed by atoms with van der Waals surface area (Å²) in [5.74, 6) is 0.842. The van der Waals surface area contributed by atoms with E-state index in [1.807, 2.05) is 24.3 Å². The van der Waals surface area contributed by atoms with Gasteiger partial charge in [-0.1, -0.05) is 44.7 Å². The summed E-state index contributed by atoms with van der Waals surface area (Å²) in [4.78, 5) is 0. The van der Waals surface area contributed by atoms with Crippen LogP contribution in [0, 0.1) is 5.41 Å². The van der Waals surface area contributed by atoms with Crippen LogP contribution in [0.3, 0.4) is 0 Å². The molecule has 21 heavy (non-hydrogen) atoms. The SMILES string of the molecule is CCCOc1cccc(C(O)C2(CN)CCCCCC2)c1. The van der Waals surface area contributed by atoms with Crippen LogP contribution in [0.25, 0.3) is 0 Å². The Bertz CT molecular complexity index is 425. The molecule has 1 aliphatic rings. The van der Waals surface area contributed by atoms with E-state index >= 15 is 0 Å². The van der Waals surface area contributed by atoms with Crippen molar-refractivity contribution < 1.29 is 9.84 Å². The van der Waals surface area contributed by atoms with E-state index < -0.39 is 6.10 Å². The minimum atomic E-state index is -0.495. The summed E-state index contributed by atoms with van der Waals surface area (Å²) in [5, 5.41) is 10.9. The quantitative estimate of drug-likeness (QED) is 0.784. The van der Waals surface area contributed by atoms with Crippen LogP contribution in [0.1, 0.15) is 63.5 Å². The summed E-state index contributed by atoms with van der Waals surface area (Å²) >= 11 is 0. The molecule has 0 amide bonds. The first-order valence-electron chi connectivity index (χ1n) is 8.33. The number of aliphatic hydroxyl groups excluding tert-OH is 1. The van der Waals surface area contributed by atoms with Crippen LogP contribution < -0.4 is 10.5 Å². The van der Waals surface area contributed by atoms with Gasteiger partial charge in [0, 0.05) is 12.0 Å². The standard InChI is InChI=1S/C18H29NO2/c1-2-12-21-16-9-7-8-15(13-16)17(20)18(14-19)10-5-3-4-6-11-18/h7-9,13,17,20H,2-6,10-12,14,19H2,1H3. The molecule has 3 heteroatoms. The summed E-state index contributed by atoms with van der Waals surface area (Å²) in [6.07, 6.45) is 7.38. The van der Waals surface area contributed by atoms with E-state index in [1.165, 1.54) is 25.7 Å². The van der Waals surface area contributed by atoms with Gasteiger partial charge >= 0.3 is 0 Å². The largest absolute Gasteiger partial charge is 0.494 e. The normalized spacial score (nSPS) is 19.8. The lowest BCUT2D eigenvalue weighted by Crippen LogP contribution is -2.36. The average Bonchev–Trinajstić information content (AvgIpc) is 2.79. The lowest BCUT2D eigenvalue weighted by Gasteiger charge is -2.36. The van der Waals surface area contributed by atoms with Gasteiger partial charge in [0.15, 0.2) is 0 Å². The molecule has 118 valence electrons. The predicted molar refractivity (Wildman–Crippen MR) is 86.4 cm³/mol. The van der Waals surface area contributed by atoms with E-state index in [-0.39, 0.29) is 5.41 Å². The van der Waals surface area contributed by atoms with Crippen molar-refractivity contribution in [1.29, 1.82) is 0 Å². The second-order valence-corrected chi connectivity index (χ2v) is 6.30. The van der Waals surface area contributed by atoms with Gasteiger partial charge in [0.2, 0.25) is 0 Å². The highest BCUT2D eigenvalue weighted by Gasteiger charge is 2.37. The van der Waals surface area contributed by atoms with Crippen LogP contribution in [0.4, 0.5) is 0 Å².